The van der Waals surface area contributed by atoms with Gasteiger partial charge in [-0.05, 0) is 44.9 Å². The van der Waals surface area contributed by atoms with Crippen LogP contribution in [-0.2, 0) is 6.54 Å². The predicted octanol–water partition coefficient (Wildman–Crippen LogP) is 1.41. The van der Waals surface area contributed by atoms with Gasteiger partial charge < -0.3 is 5.32 Å². The summed E-state index contributed by atoms with van der Waals surface area (Å²) in [6, 6.07) is 9.28. The van der Waals surface area contributed by atoms with Gasteiger partial charge in [0.25, 0.3) is 5.56 Å². The van der Waals surface area contributed by atoms with Crippen molar-refractivity contribution in [3.63, 3.8) is 0 Å². The number of hydrogen-bond donors (Lipinski definition) is 1. The molecule has 22 heavy (non-hydrogen) atoms. The molecule has 0 aliphatic carbocycles. The lowest BCUT2D eigenvalue weighted by atomic mass is 9.98. The van der Waals surface area contributed by atoms with Crippen molar-refractivity contribution < 1.29 is 0 Å². The van der Waals surface area contributed by atoms with Crippen LogP contribution in [-0.4, -0.2) is 39.5 Å². The molecule has 0 spiro atoms. The third kappa shape index (κ3) is 2.55. The van der Waals surface area contributed by atoms with Crippen molar-refractivity contribution in [2.45, 2.75) is 50.4 Å². The first-order valence-corrected chi connectivity index (χ1v) is 8.12. The van der Waals surface area contributed by atoms with Gasteiger partial charge in [0.2, 0.25) is 0 Å². The minimum absolute atomic E-state index is 0.000574. The zero-order valence-corrected chi connectivity index (χ0v) is 12.9. The molecule has 2 aliphatic rings. The van der Waals surface area contributed by atoms with Gasteiger partial charge in [0.1, 0.15) is 5.65 Å². The van der Waals surface area contributed by atoms with Crippen molar-refractivity contribution in [3.05, 3.63) is 46.5 Å². The minimum Gasteiger partial charge on any atom is -0.311 e. The minimum atomic E-state index is -0.000574. The first-order valence-electron chi connectivity index (χ1n) is 8.12. The summed E-state index contributed by atoms with van der Waals surface area (Å²) in [5, 5.41) is 3.68. The van der Waals surface area contributed by atoms with Crippen LogP contribution >= 0.6 is 0 Å². The van der Waals surface area contributed by atoms with Gasteiger partial charge in [-0.3, -0.25) is 14.1 Å². The maximum Gasteiger partial charge on any atom is 0.258 e. The molecule has 2 fully saturated rings. The fourth-order valence-corrected chi connectivity index (χ4v) is 3.96. The van der Waals surface area contributed by atoms with E-state index >= 15 is 0 Å². The lowest BCUT2D eigenvalue weighted by molar-refractivity contribution is 0.164. The fourth-order valence-electron chi connectivity index (χ4n) is 3.96. The molecule has 4 rings (SSSR count). The molecular formula is C17H22N4O. The van der Waals surface area contributed by atoms with Crippen LogP contribution in [0.25, 0.3) is 5.65 Å². The number of aromatic nitrogens is 2. The highest BCUT2D eigenvalue weighted by Crippen LogP contribution is 2.29. The van der Waals surface area contributed by atoms with E-state index in [1.807, 2.05) is 18.2 Å². The molecule has 0 radical (unpaired) electrons. The third-order valence-corrected chi connectivity index (χ3v) is 5.11. The highest BCUT2D eigenvalue weighted by Gasteiger charge is 2.35. The summed E-state index contributed by atoms with van der Waals surface area (Å²) in [6.07, 6.45) is 6.80. The van der Waals surface area contributed by atoms with E-state index in [0.717, 1.165) is 17.9 Å². The zero-order valence-electron chi connectivity index (χ0n) is 12.9. The number of piperidine rings is 1. The molecule has 2 atom stereocenters. The van der Waals surface area contributed by atoms with E-state index in [0.29, 0.717) is 18.1 Å². The maximum atomic E-state index is 12.2. The first kappa shape index (κ1) is 13.9. The molecule has 4 heterocycles. The highest BCUT2D eigenvalue weighted by atomic mass is 16.1. The van der Waals surface area contributed by atoms with Crippen LogP contribution in [0.5, 0.6) is 0 Å². The summed E-state index contributed by atoms with van der Waals surface area (Å²) in [5.41, 5.74) is 1.59. The Morgan fingerprint density at radius 2 is 2.09 bits per heavy atom. The summed E-state index contributed by atoms with van der Waals surface area (Å²) in [4.78, 5) is 19.2. The topological polar surface area (TPSA) is 49.6 Å². The number of fused-ring (bicyclic) bond motifs is 3. The average molecular weight is 298 g/mol. The second-order valence-electron chi connectivity index (χ2n) is 6.69. The molecule has 2 unspecified atom stereocenters. The smallest absolute Gasteiger partial charge is 0.258 e. The van der Waals surface area contributed by atoms with Crippen LogP contribution in [0, 0.1) is 0 Å². The standard InChI is InChI=1S/C17H22N4O/c1-20(15-8-12-5-6-13(9-15)18-12)11-14-10-17(22)21-7-3-2-4-16(21)19-14/h2-4,7,10,12-13,15,18H,5-6,8-9,11H2,1H3. The van der Waals surface area contributed by atoms with Gasteiger partial charge in [0.15, 0.2) is 0 Å². The average Bonchev–Trinajstić information content (AvgIpc) is 2.85. The maximum absolute atomic E-state index is 12.2. The van der Waals surface area contributed by atoms with E-state index in [1.165, 1.54) is 25.7 Å². The molecule has 1 N–H and O–H groups in total. The molecule has 0 amide bonds. The van der Waals surface area contributed by atoms with Crippen LogP contribution < -0.4 is 10.9 Å². The second kappa shape index (κ2) is 5.48. The molecule has 5 heteroatoms. The van der Waals surface area contributed by atoms with Crippen molar-refractivity contribution in [1.82, 2.24) is 19.6 Å². The van der Waals surface area contributed by atoms with Gasteiger partial charge in [-0.25, -0.2) is 4.98 Å². The SMILES string of the molecule is CN(Cc1cc(=O)n2ccccc2n1)C1CC2CCC(C1)N2. The van der Waals surface area contributed by atoms with Gasteiger partial charge in [-0.2, -0.15) is 0 Å². The number of nitrogens with zero attached hydrogens (tertiary/aromatic N) is 3. The number of pyridine rings is 1. The second-order valence-corrected chi connectivity index (χ2v) is 6.69. The molecule has 2 bridgehead atoms. The van der Waals surface area contributed by atoms with Crippen LogP contribution in [0.4, 0.5) is 0 Å². The lowest BCUT2D eigenvalue weighted by Crippen LogP contribution is -2.46. The molecule has 2 aromatic rings. The first-order chi connectivity index (χ1) is 10.7. The summed E-state index contributed by atoms with van der Waals surface area (Å²) < 4.78 is 1.59. The van der Waals surface area contributed by atoms with Crippen molar-refractivity contribution in [1.29, 1.82) is 0 Å². The van der Waals surface area contributed by atoms with E-state index in [-0.39, 0.29) is 5.56 Å². The van der Waals surface area contributed by atoms with Gasteiger partial charge in [0.05, 0.1) is 5.69 Å². The Hall–Kier alpha value is -1.72. The Morgan fingerprint density at radius 1 is 1.32 bits per heavy atom. The van der Waals surface area contributed by atoms with Gasteiger partial charge in [0, 0.05) is 36.9 Å². The number of hydrogen-bond acceptors (Lipinski definition) is 4. The summed E-state index contributed by atoms with van der Waals surface area (Å²) in [5.74, 6) is 0. The molecule has 0 aromatic carbocycles. The van der Waals surface area contributed by atoms with E-state index < -0.39 is 0 Å². The van der Waals surface area contributed by atoms with Gasteiger partial charge in [-0.1, -0.05) is 6.07 Å². The summed E-state index contributed by atoms with van der Waals surface area (Å²) >= 11 is 0. The monoisotopic (exact) mass is 298 g/mol. The van der Waals surface area contributed by atoms with Crippen LogP contribution in [0.1, 0.15) is 31.4 Å². The quantitative estimate of drug-likeness (QED) is 0.931. The molecule has 0 saturated carbocycles. The van der Waals surface area contributed by atoms with Crippen LogP contribution in [0.15, 0.2) is 35.3 Å². The van der Waals surface area contributed by atoms with E-state index in [9.17, 15) is 4.79 Å². The Bertz CT molecular complexity index is 729. The van der Waals surface area contributed by atoms with Crippen molar-refractivity contribution >= 4 is 5.65 Å². The summed E-state index contributed by atoms with van der Waals surface area (Å²) in [6.45, 7) is 0.741. The van der Waals surface area contributed by atoms with Crippen molar-refractivity contribution in [2.24, 2.45) is 0 Å². The number of rotatable bonds is 3. The highest BCUT2D eigenvalue weighted by molar-refractivity contribution is 5.37. The predicted molar refractivity (Wildman–Crippen MR) is 85.9 cm³/mol. The van der Waals surface area contributed by atoms with Crippen molar-refractivity contribution in [3.8, 4) is 0 Å². The molecule has 2 aromatic heterocycles. The molecular weight excluding hydrogens is 276 g/mol. The largest absolute Gasteiger partial charge is 0.311 e. The van der Waals surface area contributed by atoms with Gasteiger partial charge in [-0.15, -0.1) is 0 Å². The Morgan fingerprint density at radius 3 is 2.86 bits per heavy atom. The van der Waals surface area contributed by atoms with Crippen LogP contribution in [0.2, 0.25) is 0 Å². The Balaban J connectivity index is 1.54. The Labute approximate surface area is 130 Å². The van der Waals surface area contributed by atoms with E-state index in [1.54, 1.807) is 16.7 Å². The number of nitrogens with one attached hydrogen (secondary N) is 1. The van der Waals surface area contributed by atoms with Crippen molar-refractivity contribution in [2.75, 3.05) is 7.05 Å². The Kier molecular flexibility index (Phi) is 3.47. The van der Waals surface area contributed by atoms with Crippen LogP contribution in [0.3, 0.4) is 0 Å². The summed E-state index contributed by atoms with van der Waals surface area (Å²) in [7, 11) is 2.16. The molecule has 116 valence electrons. The molecule has 2 saturated heterocycles. The van der Waals surface area contributed by atoms with E-state index in [4.69, 9.17) is 0 Å². The van der Waals surface area contributed by atoms with Gasteiger partial charge >= 0.3 is 0 Å². The molecule has 5 nitrogen and oxygen atoms in total. The zero-order chi connectivity index (χ0) is 15.1. The normalized spacial score (nSPS) is 27.6. The lowest BCUT2D eigenvalue weighted by Gasteiger charge is -2.35. The third-order valence-electron chi connectivity index (χ3n) is 5.11. The molecule has 2 aliphatic heterocycles. The fraction of sp³-hybridized carbons (Fsp3) is 0.529. The van der Waals surface area contributed by atoms with E-state index in [2.05, 4.69) is 22.2 Å².